The van der Waals surface area contributed by atoms with Crippen molar-refractivity contribution in [3.05, 3.63) is 67.9 Å². The molecule has 0 aliphatic heterocycles. The van der Waals surface area contributed by atoms with E-state index in [9.17, 15) is 18.8 Å². The van der Waals surface area contributed by atoms with Gasteiger partial charge in [-0.3, -0.25) is 24.0 Å². The molecule has 3 N–H and O–H groups in total. The number of benzene rings is 1. The molecule has 0 bridgehead atoms. The van der Waals surface area contributed by atoms with Crippen LogP contribution in [0.25, 0.3) is 10.4 Å². The third kappa shape index (κ3) is 5.42. The number of nitrogens with two attached hydrogens (primary N) is 1. The van der Waals surface area contributed by atoms with Gasteiger partial charge in [-0.05, 0) is 37.0 Å². The molecule has 0 saturated carbocycles. The Kier molecular flexibility index (Phi) is 7.86. The molecule has 0 fully saturated rings. The summed E-state index contributed by atoms with van der Waals surface area (Å²) in [6.45, 7) is 6.60. The van der Waals surface area contributed by atoms with E-state index in [1.165, 1.54) is 15.5 Å². The molecule has 0 spiro atoms. The third-order valence-electron chi connectivity index (χ3n) is 5.35. The lowest BCUT2D eigenvalue weighted by Crippen LogP contribution is -2.41. The van der Waals surface area contributed by atoms with Crippen molar-refractivity contribution in [1.29, 1.82) is 0 Å². The van der Waals surface area contributed by atoms with E-state index in [1.54, 1.807) is 30.3 Å². The zero-order valence-electron chi connectivity index (χ0n) is 19.1. The SMILES string of the molecule is CCCCn1c(N)c(N(CCC(C)C)C(=O)c2ccc(-c3ccccc3F)s2)c(=O)[nH]c1=O. The number of aromatic amines is 1. The van der Waals surface area contributed by atoms with Gasteiger partial charge < -0.3 is 5.73 Å². The largest absolute Gasteiger partial charge is 0.383 e. The van der Waals surface area contributed by atoms with Crippen molar-refractivity contribution in [1.82, 2.24) is 9.55 Å². The Balaban J connectivity index is 2.06. The molecule has 2 heterocycles. The van der Waals surface area contributed by atoms with E-state index in [0.29, 0.717) is 34.7 Å². The van der Waals surface area contributed by atoms with Crippen LogP contribution in [0.5, 0.6) is 0 Å². The average molecular weight is 473 g/mol. The summed E-state index contributed by atoms with van der Waals surface area (Å²) in [5, 5.41) is 0. The highest BCUT2D eigenvalue weighted by atomic mass is 32.1. The van der Waals surface area contributed by atoms with Crippen LogP contribution >= 0.6 is 11.3 Å². The zero-order chi connectivity index (χ0) is 24.1. The molecule has 3 aromatic rings. The van der Waals surface area contributed by atoms with E-state index in [2.05, 4.69) is 4.98 Å². The number of hydrogen-bond acceptors (Lipinski definition) is 5. The predicted molar refractivity (Wildman–Crippen MR) is 131 cm³/mol. The molecule has 7 nitrogen and oxygen atoms in total. The summed E-state index contributed by atoms with van der Waals surface area (Å²) in [7, 11) is 0. The quantitative estimate of drug-likeness (QED) is 0.479. The smallest absolute Gasteiger partial charge is 0.330 e. The van der Waals surface area contributed by atoms with E-state index in [0.717, 1.165) is 17.8 Å². The van der Waals surface area contributed by atoms with Crippen LogP contribution in [0, 0.1) is 11.7 Å². The molecule has 33 heavy (non-hydrogen) atoms. The van der Waals surface area contributed by atoms with Gasteiger partial charge >= 0.3 is 5.69 Å². The first-order valence-electron chi connectivity index (χ1n) is 11.0. The van der Waals surface area contributed by atoms with Crippen molar-refractivity contribution in [2.24, 2.45) is 5.92 Å². The maximum Gasteiger partial charge on any atom is 0.330 e. The molecule has 0 saturated heterocycles. The number of aromatic nitrogens is 2. The van der Waals surface area contributed by atoms with Crippen molar-refractivity contribution in [2.45, 2.75) is 46.6 Å². The fourth-order valence-electron chi connectivity index (χ4n) is 3.47. The monoisotopic (exact) mass is 472 g/mol. The molecule has 0 atom stereocenters. The van der Waals surface area contributed by atoms with Crippen LogP contribution in [-0.2, 0) is 6.54 Å². The molecule has 3 rings (SSSR count). The second kappa shape index (κ2) is 10.6. The Morgan fingerprint density at radius 1 is 1.21 bits per heavy atom. The number of anilines is 2. The van der Waals surface area contributed by atoms with E-state index in [4.69, 9.17) is 5.73 Å². The fourth-order valence-corrected chi connectivity index (χ4v) is 4.45. The highest BCUT2D eigenvalue weighted by molar-refractivity contribution is 7.17. The summed E-state index contributed by atoms with van der Waals surface area (Å²) in [4.78, 5) is 43.3. The summed E-state index contributed by atoms with van der Waals surface area (Å²) in [6.07, 6.45) is 2.17. The van der Waals surface area contributed by atoms with Crippen molar-refractivity contribution in [2.75, 3.05) is 17.2 Å². The fraction of sp³-hybridized carbons (Fsp3) is 0.375. The number of halogens is 1. The number of H-pyrrole nitrogens is 1. The molecule has 0 unspecified atom stereocenters. The number of nitrogen functional groups attached to an aromatic ring is 1. The number of carbonyl (C=O) groups is 1. The lowest BCUT2D eigenvalue weighted by molar-refractivity contribution is 0.0989. The minimum absolute atomic E-state index is 0.0276. The zero-order valence-corrected chi connectivity index (χ0v) is 19.9. The standard InChI is InChI=1S/C24H29FN4O3S/c1-4-5-13-29-21(26)20(22(30)27-24(29)32)28(14-12-15(2)3)23(31)19-11-10-18(33-19)16-8-6-7-9-17(16)25/h6-11,15H,4-5,12-14,26H2,1-3H3,(H,27,30,32). The molecule has 1 amide bonds. The van der Waals surface area contributed by atoms with Gasteiger partial charge in [0.2, 0.25) is 0 Å². The summed E-state index contributed by atoms with van der Waals surface area (Å²) >= 11 is 1.15. The summed E-state index contributed by atoms with van der Waals surface area (Å²) in [5.41, 5.74) is 5.35. The van der Waals surface area contributed by atoms with Crippen molar-refractivity contribution in [3.63, 3.8) is 0 Å². The number of rotatable bonds is 9. The molecular weight excluding hydrogens is 443 g/mol. The van der Waals surface area contributed by atoms with Gasteiger partial charge in [0, 0.05) is 23.5 Å². The Morgan fingerprint density at radius 3 is 2.61 bits per heavy atom. The van der Waals surface area contributed by atoms with Gasteiger partial charge in [-0.25, -0.2) is 9.18 Å². The molecule has 0 aliphatic carbocycles. The second-order valence-corrected chi connectivity index (χ2v) is 9.37. The van der Waals surface area contributed by atoms with Crippen LogP contribution in [0.1, 0.15) is 49.7 Å². The number of unbranched alkanes of at least 4 members (excludes halogenated alkanes) is 1. The summed E-state index contributed by atoms with van der Waals surface area (Å²) in [6, 6.07) is 9.66. The van der Waals surface area contributed by atoms with Gasteiger partial charge in [0.15, 0.2) is 5.69 Å². The van der Waals surface area contributed by atoms with Crippen LogP contribution in [0.3, 0.4) is 0 Å². The number of amides is 1. The molecule has 176 valence electrons. The van der Waals surface area contributed by atoms with E-state index in [1.807, 2.05) is 20.8 Å². The molecule has 9 heteroatoms. The topological polar surface area (TPSA) is 101 Å². The second-order valence-electron chi connectivity index (χ2n) is 8.28. The molecule has 1 aromatic carbocycles. The Bertz CT molecular complexity index is 1240. The number of nitrogens with one attached hydrogen (secondary N) is 1. The Morgan fingerprint density at radius 2 is 1.94 bits per heavy atom. The van der Waals surface area contributed by atoms with Crippen molar-refractivity contribution < 1.29 is 9.18 Å². The van der Waals surface area contributed by atoms with Crippen LogP contribution in [0.2, 0.25) is 0 Å². The normalized spacial score (nSPS) is 11.2. The van der Waals surface area contributed by atoms with Crippen molar-refractivity contribution in [3.8, 4) is 10.4 Å². The minimum Gasteiger partial charge on any atom is -0.383 e. The van der Waals surface area contributed by atoms with Crippen molar-refractivity contribution >= 4 is 28.7 Å². The van der Waals surface area contributed by atoms with Gasteiger partial charge in [-0.2, -0.15) is 0 Å². The first kappa shape index (κ1) is 24.4. The number of carbonyl (C=O) groups excluding carboxylic acids is 1. The average Bonchev–Trinajstić information content (AvgIpc) is 3.25. The molecule has 0 aliphatic rings. The minimum atomic E-state index is -0.701. The third-order valence-corrected chi connectivity index (χ3v) is 6.46. The van der Waals surface area contributed by atoms with E-state index >= 15 is 0 Å². The van der Waals surface area contributed by atoms with Gasteiger partial charge in [0.05, 0.1) is 4.88 Å². The Labute approximate surface area is 195 Å². The van der Waals surface area contributed by atoms with Gasteiger partial charge in [-0.1, -0.05) is 45.4 Å². The van der Waals surface area contributed by atoms with Gasteiger partial charge in [0.25, 0.3) is 11.5 Å². The maximum atomic E-state index is 14.2. The van der Waals surface area contributed by atoms with Crippen LogP contribution < -0.4 is 21.9 Å². The number of nitrogens with zero attached hydrogens (tertiary/aromatic N) is 2. The lowest BCUT2D eigenvalue weighted by Gasteiger charge is -2.25. The number of hydrogen-bond donors (Lipinski definition) is 2. The molecular formula is C24H29FN4O3S. The van der Waals surface area contributed by atoms with Gasteiger partial charge in [0.1, 0.15) is 11.6 Å². The summed E-state index contributed by atoms with van der Waals surface area (Å²) < 4.78 is 15.5. The van der Waals surface area contributed by atoms with Gasteiger partial charge in [-0.15, -0.1) is 11.3 Å². The molecule has 2 aromatic heterocycles. The first-order chi connectivity index (χ1) is 15.7. The van der Waals surface area contributed by atoms with Crippen LogP contribution in [0.4, 0.5) is 15.9 Å². The summed E-state index contributed by atoms with van der Waals surface area (Å²) in [5.74, 6) is -0.552. The highest BCUT2D eigenvalue weighted by Gasteiger charge is 2.26. The maximum absolute atomic E-state index is 14.2. The predicted octanol–water partition coefficient (Wildman–Crippen LogP) is 4.48. The van der Waals surface area contributed by atoms with Crippen LogP contribution in [-0.4, -0.2) is 22.0 Å². The Hall–Kier alpha value is -3.20. The van der Waals surface area contributed by atoms with E-state index in [-0.39, 0.29) is 29.8 Å². The molecule has 0 radical (unpaired) electrons. The number of thiophene rings is 1. The lowest BCUT2D eigenvalue weighted by atomic mass is 10.1. The van der Waals surface area contributed by atoms with E-state index < -0.39 is 17.2 Å². The highest BCUT2D eigenvalue weighted by Crippen LogP contribution is 2.32. The van der Waals surface area contributed by atoms with Crippen LogP contribution in [0.15, 0.2) is 46.0 Å². The first-order valence-corrected chi connectivity index (χ1v) is 11.8.